The van der Waals surface area contributed by atoms with Gasteiger partial charge in [-0.25, -0.2) is 0 Å². The van der Waals surface area contributed by atoms with E-state index in [9.17, 15) is 5.11 Å². The molecule has 1 aliphatic rings. The van der Waals surface area contributed by atoms with Gasteiger partial charge in [0.1, 0.15) is 5.75 Å². The Morgan fingerprint density at radius 1 is 1.03 bits per heavy atom. The minimum atomic E-state index is -0.455. The number of benzene rings is 2. The van der Waals surface area contributed by atoms with Crippen molar-refractivity contribution in [2.45, 2.75) is 32.5 Å². The molecule has 0 amide bonds. The molecule has 30 heavy (non-hydrogen) atoms. The van der Waals surface area contributed by atoms with E-state index in [1.54, 1.807) is 11.3 Å². The molecule has 1 fully saturated rings. The van der Waals surface area contributed by atoms with Crippen LogP contribution in [-0.4, -0.2) is 53.7 Å². The zero-order valence-corrected chi connectivity index (χ0v) is 19.3. The average Bonchev–Trinajstić information content (AvgIpc) is 3.19. The Bertz CT molecular complexity index is 922. The number of thiophene rings is 1. The number of aliphatic hydroxyl groups is 1. The molecule has 0 saturated carbocycles. The van der Waals surface area contributed by atoms with Crippen molar-refractivity contribution in [3.63, 3.8) is 0 Å². The molecule has 162 valence electrons. The van der Waals surface area contributed by atoms with Crippen molar-refractivity contribution >= 4 is 33.8 Å². The molecule has 0 bridgehead atoms. The van der Waals surface area contributed by atoms with E-state index in [0.29, 0.717) is 6.61 Å². The lowest BCUT2D eigenvalue weighted by atomic mass is 10.0. The largest absolute Gasteiger partial charge is 0.494 e. The molecular weight excluding hydrogens is 416 g/mol. The summed E-state index contributed by atoms with van der Waals surface area (Å²) in [5, 5.41) is 14.3. The number of nitrogens with zero attached hydrogens (tertiary/aromatic N) is 2. The van der Waals surface area contributed by atoms with Crippen LogP contribution in [0.2, 0.25) is 0 Å². The third-order valence-electron chi connectivity index (χ3n) is 5.91. The molecule has 4 rings (SSSR count). The summed E-state index contributed by atoms with van der Waals surface area (Å²) in [5.41, 5.74) is 2.38. The first-order valence-electron chi connectivity index (χ1n) is 10.5. The molecule has 6 heteroatoms. The van der Waals surface area contributed by atoms with Crippen molar-refractivity contribution in [3.05, 3.63) is 65.0 Å². The number of rotatable bonds is 7. The maximum Gasteiger partial charge on any atom is 0.119 e. The summed E-state index contributed by atoms with van der Waals surface area (Å²) in [5.74, 6) is 0.935. The van der Waals surface area contributed by atoms with Crippen LogP contribution in [0.25, 0.3) is 10.1 Å². The van der Waals surface area contributed by atoms with Crippen LogP contribution in [0.5, 0.6) is 5.75 Å². The Morgan fingerprint density at radius 3 is 2.43 bits per heavy atom. The second-order valence-electron chi connectivity index (χ2n) is 7.76. The lowest BCUT2D eigenvalue weighted by Gasteiger charge is -2.39. The van der Waals surface area contributed by atoms with Gasteiger partial charge in [0.15, 0.2) is 0 Å². The number of aliphatic hydroxyl groups excluding tert-OH is 1. The van der Waals surface area contributed by atoms with Gasteiger partial charge in [0, 0.05) is 49.0 Å². The summed E-state index contributed by atoms with van der Waals surface area (Å²) in [6, 6.07) is 16.9. The van der Waals surface area contributed by atoms with Gasteiger partial charge in [0.2, 0.25) is 0 Å². The average molecular weight is 447 g/mol. The first-order valence-corrected chi connectivity index (χ1v) is 11.4. The van der Waals surface area contributed by atoms with Gasteiger partial charge in [-0.3, -0.25) is 9.80 Å². The minimum Gasteiger partial charge on any atom is -0.494 e. The zero-order valence-electron chi connectivity index (χ0n) is 17.7. The topological polar surface area (TPSA) is 35.9 Å². The van der Waals surface area contributed by atoms with E-state index in [1.165, 1.54) is 15.6 Å². The van der Waals surface area contributed by atoms with Gasteiger partial charge < -0.3 is 9.84 Å². The summed E-state index contributed by atoms with van der Waals surface area (Å²) in [4.78, 5) is 4.91. The molecule has 3 aromatic rings. The van der Waals surface area contributed by atoms with E-state index in [0.717, 1.165) is 44.0 Å². The van der Waals surface area contributed by atoms with Crippen molar-refractivity contribution in [1.82, 2.24) is 9.80 Å². The predicted octanol–water partition coefficient (Wildman–Crippen LogP) is 4.96. The van der Waals surface area contributed by atoms with Crippen LogP contribution in [0.4, 0.5) is 0 Å². The highest BCUT2D eigenvalue weighted by molar-refractivity contribution is 7.17. The quantitative estimate of drug-likeness (QED) is 0.556. The molecule has 1 aromatic heterocycles. The third-order valence-corrected chi connectivity index (χ3v) is 6.89. The van der Waals surface area contributed by atoms with Crippen LogP contribution < -0.4 is 4.74 Å². The van der Waals surface area contributed by atoms with Gasteiger partial charge in [0.05, 0.1) is 12.7 Å². The van der Waals surface area contributed by atoms with Crippen LogP contribution in [0.1, 0.15) is 31.1 Å². The van der Waals surface area contributed by atoms with Crippen molar-refractivity contribution in [2.75, 3.05) is 32.8 Å². The van der Waals surface area contributed by atoms with Gasteiger partial charge in [-0.05, 0) is 48.4 Å². The third kappa shape index (κ3) is 5.16. The fourth-order valence-electron chi connectivity index (χ4n) is 4.13. The van der Waals surface area contributed by atoms with E-state index in [4.69, 9.17) is 4.74 Å². The Hall–Kier alpha value is -1.63. The van der Waals surface area contributed by atoms with Gasteiger partial charge in [-0.15, -0.1) is 23.7 Å². The highest BCUT2D eigenvalue weighted by Gasteiger charge is 2.28. The zero-order chi connectivity index (χ0) is 20.2. The highest BCUT2D eigenvalue weighted by Crippen LogP contribution is 2.33. The first-order chi connectivity index (χ1) is 14.2. The molecular formula is C24H31ClN2O2S. The maximum absolute atomic E-state index is 11.0. The van der Waals surface area contributed by atoms with Gasteiger partial charge >= 0.3 is 0 Å². The summed E-state index contributed by atoms with van der Waals surface area (Å²) in [6.07, 6.45) is -0.455. The number of hydrogen-bond acceptors (Lipinski definition) is 5. The van der Waals surface area contributed by atoms with E-state index in [-0.39, 0.29) is 18.4 Å². The number of piperazine rings is 1. The summed E-state index contributed by atoms with van der Waals surface area (Å²) in [7, 11) is 0. The van der Waals surface area contributed by atoms with E-state index < -0.39 is 6.10 Å². The van der Waals surface area contributed by atoms with Crippen LogP contribution >= 0.6 is 23.7 Å². The van der Waals surface area contributed by atoms with Gasteiger partial charge in [-0.2, -0.15) is 0 Å². The van der Waals surface area contributed by atoms with Crippen molar-refractivity contribution in [1.29, 1.82) is 0 Å². The van der Waals surface area contributed by atoms with Gasteiger partial charge in [-0.1, -0.05) is 30.3 Å². The SMILES string of the molecule is CCOc1ccc(CN2CCN(C(C)C(O)c3csc4ccccc34)CC2)cc1.Cl. The monoisotopic (exact) mass is 446 g/mol. The fourth-order valence-corrected chi connectivity index (χ4v) is 5.12. The minimum absolute atomic E-state index is 0. The van der Waals surface area contributed by atoms with Crippen LogP contribution in [-0.2, 0) is 6.54 Å². The second-order valence-corrected chi connectivity index (χ2v) is 8.67. The fraction of sp³-hybridized carbons (Fsp3) is 0.417. The molecule has 2 unspecified atom stereocenters. The number of ether oxygens (including phenoxy) is 1. The molecule has 1 N–H and O–H groups in total. The molecule has 4 nitrogen and oxygen atoms in total. The van der Waals surface area contributed by atoms with Crippen LogP contribution in [0, 0.1) is 0 Å². The van der Waals surface area contributed by atoms with Crippen molar-refractivity contribution < 1.29 is 9.84 Å². The van der Waals surface area contributed by atoms with E-state index in [1.807, 2.05) is 6.92 Å². The maximum atomic E-state index is 11.0. The molecule has 2 atom stereocenters. The molecule has 1 aliphatic heterocycles. The summed E-state index contributed by atoms with van der Waals surface area (Å²) < 4.78 is 6.77. The van der Waals surface area contributed by atoms with Gasteiger partial charge in [0.25, 0.3) is 0 Å². The molecule has 1 saturated heterocycles. The first kappa shape index (κ1) is 23.0. The number of fused-ring (bicyclic) bond motifs is 1. The lowest BCUT2D eigenvalue weighted by Crippen LogP contribution is -2.50. The van der Waals surface area contributed by atoms with E-state index >= 15 is 0 Å². The molecule has 2 aromatic carbocycles. The van der Waals surface area contributed by atoms with Crippen molar-refractivity contribution in [2.24, 2.45) is 0 Å². The normalized spacial score (nSPS) is 17.4. The Morgan fingerprint density at radius 2 is 1.73 bits per heavy atom. The lowest BCUT2D eigenvalue weighted by molar-refractivity contribution is 0.0252. The smallest absolute Gasteiger partial charge is 0.119 e. The summed E-state index contributed by atoms with van der Waals surface area (Å²) in [6.45, 7) is 9.84. The Kier molecular flexibility index (Phi) is 8.14. The predicted molar refractivity (Wildman–Crippen MR) is 128 cm³/mol. The van der Waals surface area contributed by atoms with Crippen LogP contribution in [0.3, 0.4) is 0 Å². The molecule has 2 heterocycles. The Labute approximate surface area is 189 Å². The standard InChI is InChI=1S/C24H30N2O2S.ClH/c1-3-28-20-10-8-19(9-11-20)16-25-12-14-26(15-13-25)18(2)24(27)22-17-29-23-7-5-4-6-21(22)23;/h4-11,17-18,24,27H,3,12-16H2,1-2H3;1H. The Balaban J connectivity index is 0.00000256. The summed E-state index contributed by atoms with van der Waals surface area (Å²) >= 11 is 1.72. The molecule has 0 radical (unpaired) electrons. The van der Waals surface area contributed by atoms with Crippen LogP contribution in [0.15, 0.2) is 53.9 Å². The van der Waals surface area contributed by atoms with E-state index in [2.05, 4.69) is 70.6 Å². The highest BCUT2D eigenvalue weighted by atomic mass is 35.5. The molecule has 0 aliphatic carbocycles. The number of halogens is 1. The molecule has 0 spiro atoms. The van der Waals surface area contributed by atoms with Crippen molar-refractivity contribution in [3.8, 4) is 5.75 Å². The number of hydrogen-bond donors (Lipinski definition) is 1. The second kappa shape index (κ2) is 10.6.